The summed E-state index contributed by atoms with van der Waals surface area (Å²) in [5, 5.41) is 19.4. The third-order valence-corrected chi connectivity index (χ3v) is 6.05. The number of aryl methyl sites for hydroxylation is 1. The van der Waals surface area contributed by atoms with E-state index in [2.05, 4.69) is 77.5 Å². The SMILES string of the molecule is CC(C)Cc1ccc(-c2nn[nH]n2)c(N2CCN(Cc3nc(=O)c4cnn(C)c4[nH]3)CC2)c1. The summed E-state index contributed by atoms with van der Waals surface area (Å²) in [4.78, 5) is 24.5. The Hall–Kier alpha value is -3.60. The van der Waals surface area contributed by atoms with Crippen LogP contribution < -0.4 is 10.5 Å². The number of aromatic nitrogens is 8. The number of piperazine rings is 1. The highest BCUT2D eigenvalue weighted by molar-refractivity contribution is 5.75. The lowest BCUT2D eigenvalue weighted by atomic mass is 9.99. The van der Waals surface area contributed by atoms with Crippen LogP contribution in [0.3, 0.4) is 0 Å². The summed E-state index contributed by atoms with van der Waals surface area (Å²) in [6.45, 7) is 8.47. The lowest BCUT2D eigenvalue weighted by Crippen LogP contribution is -2.46. The second-order valence-electron chi connectivity index (χ2n) is 8.97. The number of benzene rings is 1. The Morgan fingerprint density at radius 1 is 1.15 bits per heavy atom. The maximum absolute atomic E-state index is 12.3. The first kappa shape index (κ1) is 21.3. The first-order valence-electron chi connectivity index (χ1n) is 11.2. The average molecular weight is 449 g/mol. The van der Waals surface area contributed by atoms with E-state index < -0.39 is 0 Å². The second-order valence-corrected chi connectivity index (χ2v) is 8.97. The smallest absolute Gasteiger partial charge is 0.284 e. The molecule has 2 N–H and O–H groups in total. The Morgan fingerprint density at radius 2 is 1.97 bits per heavy atom. The molecule has 1 saturated heterocycles. The summed E-state index contributed by atoms with van der Waals surface area (Å²) in [7, 11) is 1.82. The number of nitrogens with zero attached hydrogens (tertiary/aromatic N) is 8. The molecule has 1 fully saturated rings. The molecule has 0 unspecified atom stereocenters. The molecule has 0 radical (unpaired) electrons. The molecule has 0 amide bonds. The van der Waals surface area contributed by atoms with Gasteiger partial charge in [-0.05, 0) is 35.2 Å². The summed E-state index contributed by atoms with van der Waals surface area (Å²) >= 11 is 0. The van der Waals surface area contributed by atoms with Crippen LogP contribution in [0.15, 0.2) is 29.2 Å². The second kappa shape index (κ2) is 8.74. The fraction of sp³-hybridized carbons (Fsp3) is 0.455. The molecule has 0 spiro atoms. The van der Waals surface area contributed by atoms with Crippen molar-refractivity contribution in [3.8, 4) is 11.4 Å². The van der Waals surface area contributed by atoms with Gasteiger partial charge in [-0.2, -0.15) is 15.3 Å². The van der Waals surface area contributed by atoms with Crippen molar-refractivity contribution in [2.45, 2.75) is 26.8 Å². The molecule has 33 heavy (non-hydrogen) atoms. The van der Waals surface area contributed by atoms with Gasteiger partial charge in [-0.25, -0.2) is 0 Å². The van der Waals surface area contributed by atoms with Crippen LogP contribution in [0.4, 0.5) is 5.69 Å². The van der Waals surface area contributed by atoms with Gasteiger partial charge in [0, 0.05) is 44.5 Å². The summed E-state index contributed by atoms with van der Waals surface area (Å²) in [5.41, 5.74) is 3.89. The van der Waals surface area contributed by atoms with Crippen LogP contribution in [0.25, 0.3) is 22.4 Å². The lowest BCUT2D eigenvalue weighted by molar-refractivity contribution is 0.244. The summed E-state index contributed by atoms with van der Waals surface area (Å²) in [6, 6.07) is 6.51. The minimum atomic E-state index is -0.239. The van der Waals surface area contributed by atoms with Gasteiger partial charge in [0.15, 0.2) is 0 Å². The molecule has 4 heterocycles. The first-order valence-corrected chi connectivity index (χ1v) is 11.2. The Bertz CT molecular complexity index is 1300. The van der Waals surface area contributed by atoms with Crippen molar-refractivity contribution in [3.05, 3.63) is 46.1 Å². The number of nitrogens with one attached hydrogen (secondary N) is 2. The third-order valence-electron chi connectivity index (χ3n) is 6.05. The largest absolute Gasteiger partial charge is 0.368 e. The molecule has 0 saturated carbocycles. The molecule has 1 aliphatic rings. The van der Waals surface area contributed by atoms with Crippen molar-refractivity contribution in [1.29, 1.82) is 0 Å². The molecule has 0 bridgehead atoms. The van der Waals surface area contributed by atoms with E-state index in [-0.39, 0.29) is 5.56 Å². The van der Waals surface area contributed by atoms with E-state index in [1.807, 2.05) is 7.05 Å². The van der Waals surface area contributed by atoms with E-state index in [4.69, 9.17) is 0 Å². The molecule has 172 valence electrons. The highest BCUT2D eigenvalue weighted by atomic mass is 16.1. The Labute approximate surface area is 190 Å². The van der Waals surface area contributed by atoms with Gasteiger partial charge < -0.3 is 9.88 Å². The number of aromatic amines is 2. The van der Waals surface area contributed by atoms with Crippen LogP contribution in [0, 0.1) is 5.92 Å². The van der Waals surface area contributed by atoms with Crippen molar-refractivity contribution in [3.63, 3.8) is 0 Å². The van der Waals surface area contributed by atoms with E-state index >= 15 is 0 Å². The molecular weight excluding hydrogens is 420 g/mol. The fourth-order valence-electron chi connectivity index (χ4n) is 4.43. The molecule has 11 nitrogen and oxygen atoms in total. The lowest BCUT2D eigenvalue weighted by Gasteiger charge is -2.36. The van der Waals surface area contributed by atoms with Crippen LogP contribution in [-0.2, 0) is 20.0 Å². The quantitative estimate of drug-likeness (QED) is 0.453. The van der Waals surface area contributed by atoms with Crippen LogP contribution in [0.5, 0.6) is 0 Å². The van der Waals surface area contributed by atoms with Crippen molar-refractivity contribution in [2.24, 2.45) is 13.0 Å². The van der Waals surface area contributed by atoms with Crippen LogP contribution in [-0.4, -0.2) is 71.5 Å². The Morgan fingerprint density at radius 3 is 2.70 bits per heavy atom. The predicted molar refractivity (Wildman–Crippen MR) is 125 cm³/mol. The van der Waals surface area contributed by atoms with E-state index in [1.54, 1.807) is 10.9 Å². The highest BCUT2D eigenvalue weighted by Crippen LogP contribution is 2.31. The van der Waals surface area contributed by atoms with Gasteiger partial charge in [0.05, 0.1) is 12.7 Å². The van der Waals surface area contributed by atoms with Crippen molar-refractivity contribution >= 4 is 16.7 Å². The summed E-state index contributed by atoms with van der Waals surface area (Å²) < 4.78 is 1.67. The molecule has 1 aromatic carbocycles. The minimum absolute atomic E-state index is 0.239. The van der Waals surface area contributed by atoms with Gasteiger partial charge in [0.25, 0.3) is 5.56 Å². The van der Waals surface area contributed by atoms with Crippen LogP contribution >= 0.6 is 0 Å². The van der Waals surface area contributed by atoms with E-state index in [0.29, 0.717) is 35.1 Å². The summed E-state index contributed by atoms with van der Waals surface area (Å²) in [5.74, 6) is 1.85. The van der Waals surface area contributed by atoms with Gasteiger partial charge in [0.1, 0.15) is 16.9 Å². The molecular formula is C22H28N10O. The number of anilines is 1. The molecule has 4 aromatic rings. The number of H-pyrrole nitrogens is 2. The van der Waals surface area contributed by atoms with E-state index in [9.17, 15) is 4.79 Å². The number of hydrogen-bond acceptors (Lipinski definition) is 8. The minimum Gasteiger partial charge on any atom is -0.368 e. The molecule has 5 rings (SSSR count). The van der Waals surface area contributed by atoms with Gasteiger partial charge in [0.2, 0.25) is 5.82 Å². The predicted octanol–water partition coefficient (Wildman–Crippen LogP) is 1.36. The maximum atomic E-state index is 12.3. The Balaban J connectivity index is 1.33. The number of fused-ring (bicyclic) bond motifs is 1. The number of tetrazole rings is 1. The standard InChI is InChI=1S/C22H28N10O/c1-14(2)10-15-4-5-16(20-26-28-29-27-20)18(11-15)32-8-6-31(7-9-32)13-19-24-21-17(22(33)25-19)12-23-30(21)3/h4-5,11-12,14H,6-10,13H2,1-3H3,(H,24,25,33)(H,26,27,28,29). The van der Waals surface area contributed by atoms with E-state index in [1.165, 1.54) is 5.56 Å². The van der Waals surface area contributed by atoms with Gasteiger partial charge in [-0.15, -0.1) is 10.2 Å². The number of hydrogen-bond donors (Lipinski definition) is 2. The van der Waals surface area contributed by atoms with Gasteiger partial charge >= 0.3 is 0 Å². The molecule has 0 atom stereocenters. The fourth-order valence-corrected chi connectivity index (χ4v) is 4.43. The zero-order chi connectivity index (χ0) is 22.9. The van der Waals surface area contributed by atoms with Gasteiger partial charge in [-0.3, -0.25) is 14.4 Å². The Kier molecular flexibility index (Phi) is 5.63. The summed E-state index contributed by atoms with van der Waals surface area (Å²) in [6.07, 6.45) is 2.58. The van der Waals surface area contributed by atoms with Gasteiger partial charge in [-0.1, -0.05) is 19.9 Å². The van der Waals surface area contributed by atoms with E-state index in [0.717, 1.165) is 43.9 Å². The normalized spacial score (nSPS) is 15.1. The molecule has 3 aromatic heterocycles. The monoisotopic (exact) mass is 448 g/mol. The van der Waals surface area contributed by atoms with Crippen LogP contribution in [0.1, 0.15) is 25.2 Å². The number of rotatable bonds is 6. The third kappa shape index (κ3) is 4.36. The first-order chi connectivity index (χ1) is 16.0. The van der Waals surface area contributed by atoms with Crippen molar-refractivity contribution in [1.82, 2.24) is 45.3 Å². The highest BCUT2D eigenvalue weighted by Gasteiger charge is 2.22. The average Bonchev–Trinajstić information content (AvgIpc) is 3.45. The topological polar surface area (TPSA) is 125 Å². The van der Waals surface area contributed by atoms with Crippen molar-refractivity contribution in [2.75, 3.05) is 31.1 Å². The van der Waals surface area contributed by atoms with Crippen molar-refractivity contribution < 1.29 is 0 Å². The van der Waals surface area contributed by atoms with Crippen LogP contribution in [0.2, 0.25) is 0 Å². The zero-order valence-electron chi connectivity index (χ0n) is 19.1. The molecule has 0 aliphatic carbocycles. The maximum Gasteiger partial charge on any atom is 0.284 e. The molecule has 11 heteroatoms. The molecule has 1 aliphatic heterocycles. The zero-order valence-corrected chi connectivity index (χ0v) is 19.1.